The maximum absolute atomic E-state index is 12.3. The first-order valence-electron chi connectivity index (χ1n) is 9.00. The summed E-state index contributed by atoms with van der Waals surface area (Å²) in [6.07, 6.45) is -0.972. The van der Waals surface area contributed by atoms with Crippen molar-refractivity contribution in [1.82, 2.24) is 9.78 Å². The molecule has 1 unspecified atom stereocenters. The molecule has 2 rings (SSSR count). The zero-order valence-electron chi connectivity index (χ0n) is 16.7. The van der Waals surface area contributed by atoms with Crippen molar-refractivity contribution in [2.24, 2.45) is 11.7 Å². The predicted molar refractivity (Wildman–Crippen MR) is 107 cm³/mol. The lowest BCUT2D eigenvalue weighted by atomic mass is 10.1. The number of nitrogens with one attached hydrogen (secondary N) is 1. The fourth-order valence-corrected chi connectivity index (χ4v) is 3.56. The number of hydrogen-bond acceptors (Lipinski definition) is 6. The lowest BCUT2D eigenvalue weighted by Gasteiger charge is -2.13. The number of aromatic nitrogens is 2. The second-order valence-electron chi connectivity index (χ2n) is 7.05. The van der Waals surface area contributed by atoms with E-state index in [-0.39, 0.29) is 12.0 Å². The second kappa shape index (κ2) is 9.01. The Labute approximate surface area is 168 Å². The first-order chi connectivity index (χ1) is 13.1. The number of amides is 2. The minimum absolute atomic E-state index is 0.0406. The van der Waals surface area contributed by atoms with Crippen molar-refractivity contribution in [1.29, 1.82) is 0 Å². The van der Waals surface area contributed by atoms with Crippen LogP contribution in [0.3, 0.4) is 0 Å². The van der Waals surface area contributed by atoms with E-state index in [1.165, 1.54) is 24.3 Å². The molecule has 2 aromatic heterocycles. The molecule has 0 aliphatic rings. The first-order valence-corrected chi connectivity index (χ1v) is 9.88. The monoisotopic (exact) mass is 406 g/mol. The van der Waals surface area contributed by atoms with Gasteiger partial charge in [0.15, 0.2) is 6.10 Å². The molecule has 152 valence electrons. The van der Waals surface area contributed by atoms with Crippen LogP contribution in [0.1, 0.15) is 48.1 Å². The van der Waals surface area contributed by atoms with E-state index in [1.54, 1.807) is 5.38 Å². The van der Waals surface area contributed by atoms with Crippen LogP contribution in [0.5, 0.6) is 0 Å². The van der Waals surface area contributed by atoms with Crippen LogP contribution in [0.2, 0.25) is 0 Å². The number of hydrogen-bond donors (Lipinski definition) is 2. The summed E-state index contributed by atoms with van der Waals surface area (Å²) in [5.74, 6) is -1.24. The van der Waals surface area contributed by atoms with Gasteiger partial charge in [0.05, 0.1) is 17.7 Å². The SMILES string of the molecule is Cc1nn(CC(C)C)c(C)c1CC(=O)OC(C)C(=O)Nc1sccc1C(N)=O. The Bertz CT molecular complexity index is 885. The third kappa shape index (κ3) is 5.19. The number of thiophene rings is 1. The van der Waals surface area contributed by atoms with Crippen LogP contribution in [0.15, 0.2) is 11.4 Å². The van der Waals surface area contributed by atoms with E-state index in [4.69, 9.17) is 10.5 Å². The summed E-state index contributed by atoms with van der Waals surface area (Å²) in [4.78, 5) is 35.9. The predicted octanol–water partition coefficient (Wildman–Crippen LogP) is 2.43. The van der Waals surface area contributed by atoms with Gasteiger partial charge >= 0.3 is 5.97 Å². The third-order valence-corrected chi connectivity index (χ3v) is 5.07. The van der Waals surface area contributed by atoms with E-state index in [0.717, 1.165) is 23.5 Å². The van der Waals surface area contributed by atoms with Crippen molar-refractivity contribution >= 4 is 34.1 Å². The van der Waals surface area contributed by atoms with Gasteiger partial charge in [-0.25, -0.2) is 0 Å². The van der Waals surface area contributed by atoms with Crippen LogP contribution in [0.4, 0.5) is 5.00 Å². The summed E-state index contributed by atoms with van der Waals surface area (Å²) >= 11 is 1.17. The van der Waals surface area contributed by atoms with Gasteiger partial charge in [-0.15, -0.1) is 11.3 Å². The number of aryl methyl sites for hydroxylation is 1. The summed E-state index contributed by atoms with van der Waals surface area (Å²) < 4.78 is 7.16. The number of esters is 1. The summed E-state index contributed by atoms with van der Waals surface area (Å²) in [6.45, 7) is 10.2. The van der Waals surface area contributed by atoms with E-state index < -0.39 is 23.9 Å². The van der Waals surface area contributed by atoms with Crippen LogP contribution in [0.25, 0.3) is 0 Å². The first kappa shape index (κ1) is 21.6. The van der Waals surface area contributed by atoms with Crippen LogP contribution in [-0.4, -0.2) is 33.7 Å². The molecule has 0 spiro atoms. The molecule has 9 heteroatoms. The molecule has 28 heavy (non-hydrogen) atoms. The van der Waals surface area contributed by atoms with Gasteiger partial charge in [-0.2, -0.15) is 5.10 Å². The number of ether oxygens (including phenoxy) is 1. The largest absolute Gasteiger partial charge is 0.452 e. The quantitative estimate of drug-likeness (QED) is 0.653. The maximum Gasteiger partial charge on any atom is 0.311 e. The van der Waals surface area contributed by atoms with Crippen LogP contribution >= 0.6 is 11.3 Å². The van der Waals surface area contributed by atoms with Crippen molar-refractivity contribution in [3.8, 4) is 0 Å². The highest BCUT2D eigenvalue weighted by atomic mass is 32.1. The Hall–Kier alpha value is -2.68. The van der Waals surface area contributed by atoms with Gasteiger partial charge in [-0.1, -0.05) is 13.8 Å². The summed E-state index contributed by atoms with van der Waals surface area (Å²) in [5, 5.41) is 9.04. The summed E-state index contributed by atoms with van der Waals surface area (Å²) in [6, 6.07) is 1.53. The van der Waals surface area contributed by atoms with Gasteiger partial charge in [0, 0.05) is 17.8 Å². The lowest BCUT2D eigenvalue weighted by Crippen LogP contribution is -2.31. The smallest absolute Gasteiger partial charge is 0.311 e. The molecule has 2 aromatic rings. The number of carbonyl (C=O) groups is 3. The average molecular weight is 407 g/mol. The topological polar surface area (TPSA) is 116 Å². The molecule has 0 bridgehead atoms. The average Bonchev–Trinajstić information content (AvgIpc) is 3.14. The van der Waals surface area contributed by atoms with Crippen molar-refractivity contribution < 1.29 is 19.1 Å². The standard InChI is InChI=1S/C19H26N4O4S/c1-10(2)9-23-12(4)15(11(3)22-23)8-16(24)27-13(5)18(26)21-19-14(17(20)25)6-7-28-19/h6-7,10,13H,8-9H2,1-5H3,(H2,20,25)(H,21,26). The molecular weight excluding hydrogens is 380 g/mol. The Morgan fingerprint density at radius 3 is 2.57 bits per heavy atom. The lowest BCUT2D eigenvalue weighted by molar-refractivity contribution is -0.152. The highest BCUT2D eigenvalue weighted by Crippen LogP contribution is 2.23. The minimum atomic E-state index is -1.01. The van der Waals surface area contributed by atoms with E-state index in [0.29, 0.717) is 10.9 Å². The second-order valence-corrected chi connectivity index (χ2v) is 7.97. The Balaban J connectivity index is 1.99. The van der Waals surface area contributed by atoms with E-state index in [9.17, 15) is 14.4 Å². The van der Waals surface area contributed by atoms with Crippen LogP contribution in [0, 0.1) is 19.8 Å². The van der Waals surface area contributed by atoms with Crippen molar-refractivity contribution in [2.45, 2.75) is 53.7 Å². The zero-order chi connectivity index (χ0) is 21.0. The highest BCUT2D eigenvalue weighted by molar-refractivity contribution is 7.14. The summed E-state index contributed by atoms with van der Waals surface area (Å²) in [7, 11) is 0. The molecule has 3 N–H and O–H groups in total. The molecule has 2 amide bonds. The molecular formula is C19H26N4O4S. The molecule has 0 saturated carbocycles. The number of anilines is 1. The Morgan fingerprint density at radius 2 is 1.96 bits per heavy atom. The molecule has 8 nitrogen and oxygen atoms in total. The zero-order valence-corrected chi connectivity index (χ0v) is 17.6. The van der Waals surface area contributed by atoms with Crippen molar-refractivity contribution in [2.75, 3.05) is 5.32 Å². The van der Waals surface area contributed by atoms with Crippen LogP contribution in [-0.2, 0) is 27.3 Å². The Kier molecular flexibility index (Phi) is 6.95. The van der Waals surface area contributed by atoms with Gasteiger partial charge in [0.1, 0.15) is 5.00 Å². The molecule has 2 heterocycles. The van der Waals surface area contributed by atoms with E-state index in [2.05, 4.69) is 24.3 Å². The van der Waals surface area contributed by atoms with Crippen molar-refractivity contribution in [3.63, 3.8) is 0 Å². The van der Waals surface area contributed by atoms with Gasteiger partial charge < -0.3 is 15.8 Å². The normalized spacial score (nSPS) is 12.1. The number of nitrogens with zero attached hydrogens (tertiary/aromatic N) is 2. The molecule has 0 aliphatic heterocycles. The highest BCUT2D eigenvalue weighted by Gasteiger charge is 2.22. The maximum atomic E-state index is 12.3. The van der Waals surface area contributed by atoms with Gasteiger partial charge in [-0.05, 0) is 38.1 Å². The number of rotatable bonds is 8. The fraction of sp³-hybridized carbons (Fsp3) is 0.474. The molecule has 0 radical (unpaired) electrons. The number of nitrogens with two attached hydrogens (primary N) is 1. The third-order valence-electron chi connectivity index (χ3n) is 4.24. The van der Waals surface area contributed by atoms with Crippen molar-refractivity contribution in [3.05, 3.63) is 34.0 Å². The molecule has 0 saturated heterocycles. The van der Waals surface area contributed by atoms with Gasteiger partial charge in [0.2, 0.25) is 0 Å². The number of carbonyl (C=O) groups excluding carboxylic acids is 3. The molecule has 1 atom stereocenters. The van der Waals surface area contributed by atoms with Gasteiger partial charge in [-0.3, -0.25) is 19.1 Å². The van der Waals surface area contributed by atoms with Crippen LogP contribution < -0.4 is 11.1 Å². The molecule has 0 fully saturated rings. The van der Waals surface area contributed by atoms with E-state index >= 15 is 0 Å². The summed E-state index contributed by atoms with van der Waals surface area (Å²) in [5.41, 5.74) is 7.99. The molecule has 0 aliphatic carbocycles. The fourth-order valence-electron chi connectivity index (χ4n) is 2.76. The Morgan fingerprint density at radius 1 is 1.29 bits per heavy atom. The molecule has 0 aromatic carbocycles. The minimum Gasteiger partial charge on any atom is -0.452 e. The van der Waals surface area contributed by atoms with Gasteiger partial charge in [0.25, 0.3) is 11.8 Å². The number of primary amides is 1. The van der Waals surface area contributed by atoms with E-state index in [1.807, 2.05) is 18.5 Å².